The van der Waals surface area contributed by atoms with Gasteiger partial charge in [0.1, 0.15) is 18.3 Å². The summed E-state index contributed by atoms with van der Waals surface area (Å²) in [6.45, 7) is 0.438. The van der Waals surface area contributed by atoms with E-state index in [1.807, 2.05) is 4.98 Å². The number of phosphoric acid groups is 3. The minimum Gasteiger partial charge on any atom is -0.387 e. The zero-order valence-corrected chi connectivity index (χ0v) is 18.4. The molecule has 1 aliphatic heterocycles. The molecule has 17 nitrogen and oxygen atoms in total. The van der Waals surface area contributed by atoms with Crippen LogP contribution >= 0.6 is 23.5 Å². The first-order valence-electron chi connectivity index (χ1n) is 8.02. The second-order valence-corrected chi connectivity index (χ2v) is 10.5. The molecule has 0 amide bonds. The molecule has 1 fully saturated rings. The molecule has 0 aliphatic carbocycles. The molecule has 6 N–H and O–H groups in total. The SMILES string of the molecule is CO[C@H]1C(O)[C@@H](COP(=O)(O)OP(=O)(O)OP(=O)(O)O)O[C@H]1n1cc(C)c(=O)[nH]c1=O. The van der Waals surface area contributed by atoms with Crippen molar-refractivity contribution in [2.75, 3.05) is 13.7 Å². The molecule has 2 rings (SSSR count). The Balaban J connectivity index is 2.14. The standard InChI is InChI=1S/C11H19N2O15P3/c1-5-3-13(11(16)12-9(5)15)10-8(24-2)7(14)6(26-10)4-25-30(20,21)28-31(22,23)27-29(17,18)19/h3,6-8,10,14H,4H2,1-2H3,(H,20,21)(H,22,23)(H,12,15,16)(H2,17,18,19)/t6-,7?,8+,10-/m1/s1. The lowest BCUT2D eigenvalue weighted by Crippen LogP contribution is -2.39. The molecule has 0 aromatic carbocycles. The number of aromatic amines is 1. The van der Waals surface area contributed by atoms with Gasteiger partial charge in [0, 0.05) is 18.9 Å². The van der Waals surface area contributed by atoms with Crippen LogP contribution in [0, 0.1) is 6.92 Å². The molecule has 20 heteroatoms. The van der Waals surface area contributed by atoms with Gasteiger partial charge in [0.15, 0.2) is 6.23 Å². The maximum atomic E-state index is 12.1. The summed E-state index contributed by atoms with van der Waals surface area (Å²) in [5.74, 6) is 0. The highest BCUT2D eigenvalue weighted by molar-refractivity contribution is 7.66. The Morgan fingerprint density at radius 1 is 1.13 bits per heavy atom. The van der Waals surface area contributed by atoms with Crippen molar-refractivity contribution in [1.82, 2.24) is 9.55 Å². The second-order valence-electron chi connectivity index (χ2n) is 6.12. The highest BCUT2D eigenvalue weighted by Crippen LogP contribution is 2.66. The molecule has 1 saturated heterocycles. The molecule has 0 bridgehead atoms. The lowest BCUT2D eigenvalue weighted by atomic mass is 10.1. The number of hydrogen-bond acceptors (Lipinski definition) is 11. The number of H-pyrrole nitrogens is 1. The first-order chi connectivity index (χ1) is 14.1. The van der Waals surface area contributed by atoms with Crippen LogP contribution in [0.5, 0.6) is 0 Å². The number of ether oxygens (including phenoxy) is 2. The summed E-state index contributed by atoms with van der Waals surface area (Å²) in [6.07, 6.45) is -4.38. The van der Waals surface area contributed by atoms with Crippen LogP contribution in [0.4, 0.5) is 0 Å². The summed E-state index contributed by atoms with van der Waals surface area (Å²) in [4.78, 5) is 61.2. The van der Waals surface area contributed by atoms with Gasteiger partial charge >= 0.3 is 29.2 Å². The molecule has 0 saturated carbocycles. The van der Waals surface area contributed by atoms with Crippen LogP contribution in [-0.4, -0.2) is 66.3 Å². The van der Waals surface area contributed by atoms with E-state index < -0.39 is 65.9 Å². The molecule has 1 aromatic rings. The molecule has 3 unspecified atom stereocenters. The minimum absolute atomic E-state index is 0.129. The van der Waals surface area contributed by atoms with E-state index in [1.54, 1.807) is 0 Å². The Morgan fingerprint density at radius 3 is 2.29 bits per heavy atom. The van der Waals surface area contributed by atoms with E-state index in [-0.39, 0.29) is 5.56 Å². The Labute approximate surface area is 172 Å². The molecule has 0 spiro atoms. The van der Waals surface area contributed by atoms with Crippen molar-refractivity contribution in [3.8, 4) is 0 Å². The third-order valence-electron chi connectivity index (χ3n) is 3.82. The Bertz CT molecular complexity index is 1060. The number of nitrogens with one attached hydrogen (secondary N) is 1. The third kappa shape index (κ3) is 6.97. The van der Waals surface area contributed by atoms with Crippen molar-refractivity contribution in [2.24, 2.45) is 0 Å². The Hall–Kier alpha value is -1.03. The maximum absolute atomic E-state index is 12.1. The zero-order chi connectivity index (χ0) is 23.8. The van der Waals surface area contributed by atoms with Gasteiger partial charge < -0.3 is 34.2 Å². The van der Waals surface area contributed by atoms with Gasteiger partial charge in [0.25, 0.3) is 5.56 Å². The predicted molar refractivity (Wildman–Crippen MR) is 96.6 cm³/mol. The fourth-order valence-corrected chi connectivity index (χ4v) is 5.61. The van der Waals surface area contributed by atoms with E-state index >= 15 is 0 Å². The van der Waals surface area contributed by atoms with Crippen LogP contribution in [-0.2, 0) is 36.3 Å². The maximum Gasteiger partial charge on any atom is 0.490 e. The number of aliphatic hydroxyl groups is 1. The van der Waals surface area contributed by atoms with Crippen molar-refractivity contribution in [2.45, 2.75) is 31.5 Å². The minimum atomic E-state index is -5.72. The van der Waals surface area contributed by atoms with Gasteiger partial charge in [-0.3, -0.25) is 18.9 Å². The van der Waals surface area contributed by atoms with Crippen LogP contribution in [0.2, 0.25) is 0 Å². The van der Waals surface area contributed by atoms with Gasteiger partial charge in [-0.15, -0.1) is 0 Å². The summed E-state index contributed by atoms with van der Waals surface area (Å²) in [6, 6.07) is 0. The van der Waals surface area contributed by atoms with E-state index in [1.165, 1.54) is 14.0 Å². The van der Waals surface area contributed by atoms with Gasteiger partial charge in [-0.25, -0.2) is 18.5 Å². The number of nitrogens with zero attached hydrogens (tertiary/aromatic N) is 1. The number of methoxy groups -OCH3 is 1. The first-order valence-corrected chi connectivity index (χ1v) is 12.5. The summed E-state index contributed by atoms with van der Waals surface area (Å²) >= 11 is 0. The number of rotatable bonds is 9. The lowest BCUT2D eigenvalue weighted by Gasteiger charge is -2.20. The van der Waals surface area contributed by atoms with Crippen molar-refractivity contribution < 1.29 is 61.0 Å². The molecule has 2 heterocycles. The average Bonchev–Trinajstić information content (AvgIpc) is 2.88. The highest BCUT2D eigenvalue weighted by atomic mass is 31.3. The summed E-state index contributed by atoms with van der Waals surface area (Å²) in [7, 11) is -15.6. The molecule has 1 aliphatic rings. The third-order valence-corrected chi connectivity index (χ3v) is 7.63. The van der Waals surface area contributed by atoms with E-state index in [2.05, 4.69) is 13.1 Å². The number of hydrogen-bond donors (Lipinski definition) is 6. The molecule has 1 aromatic heterocycles. The van der Waals surface area contributed by atoms with Gasteiger partial charge in [0.2, 0.25) is 0 Å². The number of aryl methyl sites for hydroxylation is 1. The van der Waals surface area contributed by atoms with Crippen molar-refractivity contribution in [3.63, 3.8) is 0 Å². The van der Waals surface area contributed by atoms with Gasteiger partial charge in [-0.05, 0) is 6.92 Å². The Kier molecular flexibility index (Phi) is 7.99. The smallest absolute Gasteiger partial charge is 0.387 e. The summed E-state index contributed by atoms with van der Waals surface area (Å²) < 4.78 is 56.7. The van der Waals surface area contributed by atoms with Gasteiger partial charge in [-0.1, -0.05) is 0 Å². The number of aliphatic hydroxyl groups excluding tert-OH is 1. The molecular formula is C11H19N2O15P3. The molecule has 6 atom stereocenters. The summed E-state index contributed by atoms with van der Waals surface area (Å²) in [5, 5.41) is 10.3. The quantitative estimate of drug-likeness (QED) is 0.205. The van der Waals surface area contributed by atoms with Crippen LogP contribution in [0.3, 0.4) is 0 Å². The Morgan fingerprint density at radius 2 is 1.74 bits per heavy atom. The normalized spacial score (nSPS) is 28.2. The predicted octanol–water partition coefficient (Wildman–Crippen LogP) is -1.54. The number of phosphoric ester groups is 1. The van der Waals surface area contributed by atoms with Crippen LogP contribution in [0.25, 0.3) is 0 Å². The second kappa shape index (κ2) is 9.45. The summed E-state index contributed by atoms with van der Waals surface area (Å²) in [5.41, 5.74) is -1.43. The topological polar surface area (TPSA) is 253 Å². The van der Waals surface area contributed by atoms with Gasteiger partial charge in [0.05, 0.1) is 6.61 Å². The average molecular weight is 512 g/mol. The molecule has 31 heavy (non-hydrogen) atoms. The van der Waals surface area contributed by atoms with Crippen LogP contribution < -0.4 is 11.2 Å². The van der Waals surface area contributed by atoms with Crippen molar-refractivity contribution >= 4 is 23.5 Å². The van der Waals surface area contributed by atoms with Crippen molar-refractivity contribution in [1.29, 1.82) is 0 Å². The van der Waals surface area contributed by atoms with Crippen LogP contribution in [0.1, 0.15) is 11.8 Å². The highest BCUT2D eigenvalue weighted by Gasteiger charge is 2.47. The van der Waals surface area contributed by atoms with E-state index in [0.29, 0.717) is 0 Å². The van der Waals surface area contributed by atoms with Crippen LogP contribution in [0.15, 0.2) is 15.8 Å². The monoisotopic (exact) mass is 512 g/mol. The zero-order valence-electron chi connectivity index (χ0n) is 15.7. The van der Waals surface area contributed by atoms with E-state index in [9.17, 15) is 33.3 Å². The molecular weight excluding hydrogens is 493 g/mol. The largest absolute Gasteiger partial charge is 0.490 e. The molecule has 0 radical (unpaired) electrons. The van der Waals surface area contributed by atoms with Crippen molar-refractivity contribution in [3.05, 3.63) is 32.6 Å². The van der Waals surface area contributed by atoms with E-state index in [4.69, 9.17) is 24.2 Å². The fraction of sp³-hybridized carbons (Fsp3) is 0.636. The lowest BCUT2D eigenvalue weighted by molar-refractivity contribution is -0.0620. The first kappa shape index (κ1) is 26.2. The van der Waals surface area contributed by atoms with Gasteiger partial charge in [-0.2, -0.15) is 8.62 Å². The van der Waals surface area contributed by atoms with E-state index in [0.717, 1.165) is 10.8 Å². The number of aromatic nitrogens is 2. The molecule has 178 valence electrons. The fourth-order valence-electron chi connectivity index (χ4n) is 2.58.